The summed E-state index contributed by atoms with van der Waals surface area (Å²) in [6.07, 6.45) is 5.00. The van der Waals surface area contributed by atoms with Crippen molar-refractivity contribution in [2.24, 2.45) is 0 Å². The maximum absolute atomic E-state index is 13.0. The van der Waals surface area contributed by atoms with Crippen LogP contribution in [0.3, 0.4) is 0 Å². The largest absolute Gasteiger partial charge is 0.444 e. The molecule has 8 nitrogen and oxygen atoms in total. The van der Waals surface area contributed by atoms with Crippen LogP contribution >= 0.6 is 11.5 Å². The lowest BCUT2D eigenvalue weighted by Gasteiger charge is -2.32. The van der Waals surface area contributed by atoms with E-state index in [0.29, 0.717) is 35.4 Å². The fourth-order valence-electron chi connectivity index (χ4n) is 3.18. The molecule has 0 aromatic carbocycles. The van der Waals surface area contributed by atoms with Crippen LogP contribution in [-0.4, -0.2) is 49.7 Å². The first-order valence-electron chi connectivity index (χ1n) is 9.40. The number of aryl methyl sites for hydroxylation is 2. The van der Waals surface area contributed by atoms with Gasteiger partial charge in [-0.25, -0.2) is 4.79 Å². The summed E-state index contributed by atoms with van der Waals surface area (Å²) in [5, 5.41) is 7.09. The Labute approximate surface area is 169 Å². The Kier molecular flexibility index (Phi) is 5.74. The van der Waals surface area contributed by atoms with E-state index in [2.05, 4.69) is 14.8 Å². The zero-order valence-electron chi connectivity index (χ0n) is 17.0. The quantitative estimate of drug-likeness (QED) is 0.839. The molecule has 3 heterocycles. The van der Waals surface area contributed by atoms with Gasteiger partial charge in [0.15, 0.2) is 0 Å². The molecule has 0 atom stereocenters. The number of carbonyl (C=O) groups excluding carboxylic acids is 2. The van der Waals surface area contributed by atoms with E-state index in [4.69, 9.17) is 4.74 Å². The van der Waals surface area contributed by atoms with Gasteiger partial charge in [0, 0.05) is 19.3 Å². The maximum Gasteiger partial charge on any atom is 0.412 e. The van der Waals surface area contributed by atoms with Crippen molar-refractivity contribution >= 4 is 29.2 Å². The standard InChI is InChI=1S/C19H27N5O3S/c1-12-10-20-24(11-12)14-6-8-23(9-7-14)17(25)16-15(13(2)22-28-16)21-18(26)27-19(3,4)5/h10-11,14H,6-9H2,1-5H3,(H,21,26). The number of carbonyl (C=O) groups is 2. The summed E-state index contributed by atoms with van der Waals surface area (Å²) in [6, 6.07) is 0.306. The third-order valence-electron chi connectivity index (χ3n) is 4.54. The van der Waals surface area contributed by atoms with Crippen LogP contribution in [0.1, 0.15) is 60.6 Å². The number of ether oxygens (including phenoxy) is 1. The van der Waals surface area contributed by atoms with Crippen LogP contribution in [0, 0.1) is 13.8 Å². The minimum atomic E-state index is -0.613. The Morgan fingerprint density at radius 3 is 2.50 bits per heavy atom. The van der Waals surface area contributed by atoms with Crippen molar-refractivity contribution in [2.75, 3.05) is 18.4 Å². The Morgan fingerprint density at radius 1 is 1.25 bits per heavy atom. The second-order valence-electron chi connectivity index (χ2n) is 8.12. The van der Waals surface area contributed by atoms with Crippen LogP contribution in [0.15, 0.2) is 12.4 Å². The van der Waals surface area contributed by atoms with Crippen molar-refractivity contribution in [3.63, 3.8) is 0 Å². The number of hydrogen-bond donors (Lipinski definition) is 1. The van der Waals surface area contributed by atoms with Gasteiger partial charge in [0.2, 0.25) is 0 Å². The van der Waals surface area contributed by atoms with E-state index >= 15 is 0 Å². The van der Waals surface area contributed by atoms with Crippen molar-refractivity contribution in [3.05, 3.63) is 28.5 Å². The first kappa shape index (κ1) is 20.3. The van der Waals surface area contributed by atoms with E-state index in [9.17, 15) is 9.59 Å². The summed E-state index contributed by atoms with van der Waals surface area (Å²) in [5.74, 6) is -0.105. The van der Waals surface area contributed by atoms with E-state index in [1.165, 1.54) is 0 Å². The van der Waals surface area contributed by atoms with Crippen LogP contribution in [0.25, 0.3) is 0 Å². The molecule has 0 bridgehead atoms. The number of hydrogen-bond acceptors (Lipinski definition) is 6. The van der Waals surface area contributed by atoms with Crippen molar-refractivity contribution in [3.8, 4) is 0 Å². The molecule has 0 unspecified atom stereocenters. The first-order valence-corrected chi connectivity index (χ1v) is 10.2. The number of aromatic nitrogens is 3. The molecule has 152 valence electrons. The van der Waals surface area contributed by atoms with Gasteiger partial charge in [0.25, 0.3) is 5.91 Å². The SMILES string of the molecule is Cc1cnn(C2CCN(C(=O)c3snc(C)c3NC(=O)OC(C)(C)C)CC2)c1. The van der Waals surface area contributed by atoms with Gasteiger partial charge in [-0.2, -0.15) is 9.47 Å². The van der Waals surface area contributed by atoms with Gasteiger partial charge in [-0.05, 0) is 64.6 Å². The van der Waals surface area contributed by atoms with E-state index in [-0.39, 0.29) is 5.91 Å². The van der Waals surface area contributed by atoms with Crippen molar-refractivity contribution in [1.29, 1.82) is 0 Å². The van der Waals surface area contributed by atoms with Gasteiger partial charge in [-0.15, -0.1) is 0 Å². The zero-order chi connectivity index (χ0) is 20.5. The van der Waals surface area contributed by atoms with Gasteiger partial charge >= 0.3 is 6.09 Å². The molecule has 1 saturated heterocycles. The molecule has 1 aliphatic heterocycles. The number of piperidine rings is 1. The number of anilines is 1. The van der Waals surface area contributed by atoms with Gasteiger partial charge in [-0.1, -0.05) is 0 Å². The average molecular weight is 406 g/mol. The number of likely N-dealkylation sites (tertiary alicyclic amines) is 1. The topological polar surface area (TPSA) is 89.4 Å². The van der Waals surface area contributed by atoms with Crippen LogP contribution in [0.2, 0.25) is 0 Å². The Morgan fingerprint density at radius 2 is 1.93 bits per heavy atom. The predicted octanol–water partition coefficient (Wildman–Crippen LogP) is 3.78. The highest BCUT2D eigenvalue weighted by Crippen LogP contribution is 2.29. The fraction of sp³-hybridized carbons (Fsp3) is 0.579. The summed E-state index contributed by atoms with van der Waals surface area (Å²) < 4.78 is 11.6. The molecule has 1 fully saturated rings. The third-order valence-corrected chi connectivity index (χ3v) is 5.47. The Balaban J connectivity index is 1.66. The molecule has 0 aliphatic carbocycles. The van der Waals surface area contributed by atoms with Crippen molar-refractivity contribution < 1.29 is 14.3 Å². The smallest absolute Gasteiger partial charge is 0.412 e. The summed E-state index contributed by atoms with van der Waals surface area (Å²) in [6.45, 7) is 10.5. The maximum atomic E-state index is 13.0. The van der Waals surface area contributed by atoms with Gasteiger partial charge in [0.05, 0.1) is 23.6 Å². The van der Waals surface area contributed by atoms with E-state index in [0.717, 1.165) is 29.9 Å². The van der Waals surface area contributed by atoms with Crippen LogP contribution in [0.4, 0.5) is 10.5 Å². The number of amides is 2. The van der Waals surface area contributed by atoms with E-state index in [1.807, 2.05) is 28.9 Å². The van der Waals surface area contributed by atoms with E-state index in [1.54, 1.807) is 27.7 Å². The Bertz CT molecular complexity index is 859. The fourth-order valence-corrected chi connectivity index (χ4v) is 4.00. The van der Waals surface area contributed by atoms with Crippen LogP contribution < -0.4 is 5.32 Å². The molecule has 0 spiro atoms. The lowest BCUT2D eigenvalue weighted by atomic mass is 10.0. The highest BCUT2D eigenvalue weighted by Gasteiger charge is 2.29. The van der Waals surface area contributed by atoms with Gasteiger partial charge in [0.1, 0.15) is 10.5 Å². The molecular formula is C19H27N5O3S. The molecule has 0 radical (unpaired) electrons. The predicted molar refractivity (Wildman–Crippen MR) is 108 cm³/mol. The molecule has 3 rings (SSSR count). The number of nitrogens with one attached hydrogen (secondary N) is 1. The summed E-state index contributed by atoms with van der Waals surface area (Å²) in [5.41, 5.74) is 1.57. The molecule has 2 amide bonds. The average Bonchev–Trinajstić information content (AvgIpc) is 3.19. The number of nitrogens with zero attached hydrogens (tertiary/aromatic N) is 4. The van der Waals surface area contributed by atoms with Crippen LogP contribution in [0.5, 0.6) is 0 Å². The summed E-state index contributed by atoms with van der Waals surface area (Å²) in [4.78, 5) is 27.4. The molecule has 28 heavy (non-hydrogen) atoms. The van der Waals surface area contributed by atoms with Crippen molar-refractivity contribution in [2.45, 2.75) is 59.1 Å². The molecule has 2 aromatic heterocycles. The summed E-state index contributed by atoms with van der Waals surface area (Å²) >= 11 is 1.11. The zero-order valence-corrected chi connectivity index (χ0v) is 17.8. The van der Waals surface area contributed by atoms with Gasteiger partial charge in [-0.3, -0.25) is 14.8 Å². The highest BCUT2D eigenvalue weighted by molar-refractivity contribution is 7.08. The molecule has 9 heteroatoms. The Hall–Kier alpha value is -2.42. The molecule has 1 aliphatic rings. The third kappa shape index (κ3) is 4.70. The van der Waals surface area contributed by atoms with Gasteiger partial charge < -0.3 is 9.64 Å². The first-order chi connectivity index (χ1) is 13.1. The minimum absolute atomic E-state index is 0.105. The van der Waals surface area contributed by atoms with Crippen LogP contribution in [-0.2, 0) is 4.74 Å². The number of rotatable bonds is 3. The lowest BCUT2D eigenvalue weighted by Crippen LogP contribution is -2.39. The molecule has 1 N–H and O–H groups in total. The van der Waals surface area contributed by atoms with E-state index < -0.39 is 11.7 Å². The second kappa shape index (κ2) is 7.90. The summed E-state index contributed by atoms with van der Waals surface area (Å²) in [7, 11) is 0. The molecular weight excluding hydrogens is 378 g/mol. The monoisotopic (exact) mass is 405 g/mol. The molecule has 2 aromatic rings. The highest BCUT2D eigenvalue weighted by atomic mass is 32.1. The van der Waals surface area contributed by atoms with Crippen molar-refractivity contribution in [1.82, 2.24) is 19.1 Å². The lowest BCUT2D eigenvalue weighted by molar-refractivity contribution is 0.0635. The molecule has 0 saturated carbocycles. The normalized spacial score (nSPS) is 15.5. The minimum Gasteiger partial charge on any atom is -0.444 e. The second-order valence-corrected chi connectivity index (χ2v) is 8.89.